The Morgan fingerprint density at radius 2 is 1.90 bits per heavy atom. The van der Waals surface area contributed by atoms with Gasteiger partial charge in [-0.15, -0.1) is 0 Å². The number of aromatic nitrogens is 2. The molecule has 0 amide bonds. The number of rotatable bonds is 7. The molecule has 0 saturated carbocycles. The van der Waals surface area contributed by atoms with Crippen molar-refractivity contribution in [3.8, 4) is 5.88 Å². The SMILES string of the molecule is CCCOc1cc(NC(C)c2ccc(CC)cc2)ncn1. The van der Waals surface area contributed by atoms with Crippen LogP contribution in [0.2, 0.25) is 0 Å². The number of nitrogens with zero attached hydrogens (tertiary/aromatic N) is 2. The highest BCUT2D eigenvalue weighted by Crippen LogP contribution is 2.20. The van der Waals surface area contributed by atoms with Crippen molar-refractivity contribution in [2.75, 3.05) is 11.9 Å². The van der Waals surface area contributed by atoms with Crippen molar-refractivity contribution in [2.45, 2.75) is 39.7 Å². The fraction of sp³-hybridized carbons (Fsp3) is 0.412. The molecule has 1 aromatic carbocycles. The molecule has 1 N–H and O–H groups in total. The van der Waals surface area contributed by atoms with Gasteiger partial charge >= 0.3 is 0 Å². The molecule has 112 valence electrons. The first kappa shape index (κ1) is 15.3. The minimum absolute atomic E-state index is 0.185. The highest BCUT2D eigenvalue weighted by atomic mass is 16.5. The van der Waals surface area contributed by atoms with E-state index in [0.29, 0.717) is 12.5 Å². The van der Waals surface area contributed by atoms with Crippen molar-refractivity contribution in [1.29, 1.82) is 0 Å². The van der Waals surface area contributed by atoms with Crippen molar-refractivity contribution in [1.82, 2.24) is 9.97 Å². The number of hydrogen-bond donors (Lipinski definition) is 1. The van der Waals surface area contributed by atoms with Crippen LogP contribution < -0.4 is 10.1 Å². The lowest BCUT2D eigenvalue weighted by atomic mass is 10.1. The third-order valence-corrected chi connectivity index (χ3v) is 3.35. The maximum absolute atomic E-state index is 5.52. The van der Waals surface area contributed by atoms with E-state index in [-0.39, 0.29) is 6.04 Å². The summed E-state index contributed by atoms with van der Waals surface area (Å²) >= 11 is 0. The molecule has 2 rings (SSSR count). The molecule has 1 heterocycles. The lowest BCUT2D eigenvalue weighted by Gasteiger charge is -2.15. The molecular weight excluding hydrogens is 262 g/mol. The van der Waals surface area contributed by atoms with E-state index in [2.05, 4.69) is 60.3 Å². The van der Waals surface area contributed by atoms with Crippen molar-refractivity contribution in [2.24, 2.45) is 0 Å². The lowest BCUT2D eigenvalue weighted by molar-refractivity contribution is 0.305. The van der Waals surface area contributed by atoms with Crippen molar-refractivity contribution in [3.63, 3.8) is 0 Å². The van der Waals surface area contributed by atoms with Crippen LogP contribution in [0.15, 0.2) is 36.7 Å². The summed E-state index contributed by atoms with van der Waals surface area (Å²) in [6.45, 7) is 7.03. The van der Waals surface area contributed by atoms with Crippen LogP contribution in [-0.2, 0) is 6.42 Å². The highest BCUT2D eigenvalue weighted by molar-refractivity contribution is 5.40. The molecule has 1 unspecified atom stereocenters. The Labute approximate surface area is 126 Å². The molecule has 4 nitrogen and oxygen atoms in total. The highest BCUT2D eigenvalue weighted by Gasteiger charge is 2.07. The second-order valence-electron chi connectivity index (χ2n) is 5.05. The monoisotopic (exact) mass is 285 g/mol. The summed E-state index contributed by atoms with van der Waals surface area (Å²) in [7, 11) is 0. The Hall–Kier alpha value is -2.10. The Morgan fingerprint density at radius 3 is 2.57 bits per heavy atom. The van der Waals surface area contributed by atoms with Gasteiger partial charge in [0.15, 0.2) is 0 Å². The zero-order valence-electron chi connectivity index (χ0n) is 13.0. The van der Waals surface area contributed by atoms with E-state index >= 15 is 0 Å². The molecule has 1 atom stereocenters. The zero-order valence-corrected chi connectivity index (χ0v) is 13.0. The summed E-state index contributed by atoms with van der Waals surface area (Å²) in [5, 5.41) is 3.38. The first-order valence-electron chi connectivity index (χ1n) is 7.53. The van der Waals surface area contributed by atoms with Gasteiger partial charge in [-0.05, 0) is 30.9 Å². The average Bonchev–Trinajstić information content (AvgIpc) is 2.53. The van der Waals surface area contributed by atoms with Crippen LogP contribution in [0.3, 0.4) is 0 Å². The Morgan fingerprint density at radius 1 is 1.14 bits per heavy atom. The van der Waals surface area contributed by atoms with E-state index in [1.807, 2.05) is 6.07 Å². The molecule has 0 spiro atoms. The van der Waals surface area contributed by atoms with Crippen LogP contribution in [0.25, 0.3) is 0 Å². The molecule has 21 heavy (non-hydrogen) atoms. The molecule has 0 aliphatic carbocycles. The molecule has 0 radical (unpaired) electrons. The van der Waals surface area contributed by atoms with E-state index in [1.165, 1.54) is 17.5 Å². The zero-order chi connectivity index (χ0) is 15.1. The second kappa shape index (κ2) is 7.62. The van der Waals surface area contributed by atoms with Crippen LogP contribution in [0.1, 0.15) is 44.4 Å². The molecule has 4 heteroatoms. The molecule has 0 bridgehead atoms. The number of benzene rings is 1. The Balaban J connectivity index is 2.02. The van der Waals surface area contributed by atoms with Crippen LogP contribution in [0.5, 0.6) is 5.88 Å². The summed E-state index contributed by atoms with van der Waals surface area (Å²) in [6.07, 6.45) is 3.55. The van der Waals surface area contributed by atoms with Crippen LogP contribution in [-0.4, -0.2) is 16.6 Å². The molecule has 0 saturated heterocycles. The predicted octanol–water partition coefficient (Wildman–Crippen LogP) is 4.00. The summed E-state index contributed by atoms with van der Waals surface area (Å²) < 4.78 is 5.52. The standard InChI is InChI=1S/C17H23N3O/c1-4-10-21-17-11-16(18-12-19-17)20-13(3)15-8-6-14(5-2)7-9-15/h6-9,11-13H,4-5,10H2,1-3H3,(H,18,19,20). The quantitative estimate of drug-likeness (QED) is 0.835. The Bertz CT molecular complexity index is 554. The van der Waals surface area contributed by atoms with Crippen LogP contribution in [0, 0.1) is 0 Å². The first-order chi connectivity index (χ1) is 10.2. The number of hydrogen-bond acceptors (Lipinski definition) is 4. The maximum Gasteiger partial charge on any atom is 0.218 e. The van der Waals surface area contributed by atoms with Crippen molar-refractivity contribution < 1.29 is 4.74 Å². The van der Waals surface area contributed by atoms with Gasteiger partial charge in [-0.3, -0.25) is 0 Å². The largest absolute Gasteiger partial charge is 0.478 e. The topological polar surface area (TPSA) is 47.0 Å². The fourth-order valence-electron chi connectivity index (χ4n) is 2.05. The van der Waals surface area contributed by atoms with E-state index < -0.39 is 0 Å². The number of anilines is 1. The smallest absolute Gasteiger partial charge is 0.218 e. The lowest BCUT2D eigenvalue weighted by Crippen LogP contribution is -2.08. The van der Waals surface area contributed by atoms with Gasteiger partial charge in [-0.1, -0.05) is 38.1 Å². The van der Waals surface area contributed by atoms with E-state index in [1.54, 1.807) is 0 Å². The van der Waals surface area contributed by atoms with Gasteiger partial charge in [0.05, 0.1) is 6.61 Å². The van der Waals surface area contributed by atoms with Gasteiger partial charge in [-0.25, -0.2) is 9.97 Å². The van der Waals surface area contributed by atoms with E-state index in [0.717, 1.165) is 18.7 Å². The average molecular weight is 285 g/mol. The van der Waals surface area contributed by atoms with Gasteiger partial charge in [0.1, 0.15) is 12.1 Å². The van der Waals surface area contributed by atoms with Gasteiger partial charge in [-0.2, -0.15) is 0 Å². The van der Waals surface area contributed by atoms with Crippen LogP contribution >= 0.6 is 0 Å². The molecule has 2 aromatic rings. The predicted molar refractivity (Wildman–Crippen MR) is 85.7 cm³/mol. The number of nitrogens with one attached hydrogen (secondary N) is 1. The third-order valence-electron chi connectivity index (χ3n) is 3.35. The van der Waals surface area contributed by atoms with Gasteiger partial charge in [0, 0.05) is 12.1 Å². The number of ether oxygens (including phenoxy) is 1. The first-order valence-corrected chi connectivity index (χ1v) is 7.53. The Kier molecular flexibility index (Phi) is 5.55. The third kappa shape index (κ3) is 4.45. The van der Waals surface area contributed by atoms with E-state index in [4.69, 9.17) is 4.74 Å². The maximum atomic E-state index is 5.52. The molecule has 1 aromatic heterocycles. The summed E-state index contributed by atoms with van der Waals surface area (Å²) in [6, 6.07) is 10.7. The van der Waals surface area contributed by atoms with Gasteiger partial charge in [0.25, 0.3) is 0 Å². The number of aryl methyl sites for hydroxylation is 1. The summed E-state index contributed by atoms with van der Waals surface area (Å²) in [4.78, 5) is 8.35. The van der Waals surface area contributed by atoms with E-state index in [9.17, 15) is 0 Å². The summed E-state index contributed by atoms with van der Waals surface area (Å²) in [5.74, 6) is 1.39. The molecular formula is C17H23N3O. The van der Waals surface area contributed by atoms with Gasteiger partial charge < -0.3 is 10.1 Å². The van der Waals surface area contributed by atoms with Crippen LogP contribution in [0.4, 0.5) is 5.82 Å². The molecule has 0 aliphatic rings. The second-order valence-corrected chi connectivity index (χ2v) is 5.05. The molecule has 0 aliphatic heterocycles. The molecule has 0 fully saturated rings. The van der Waals surface area contributed by atoms with Crippen molar-refractivity contribution >= 4 is 5.82 Å². The minimum Gasteiger partial charge on any atom is -0.478 e. The van der Waals surface area contributed by atoms with Crippen molar-refractivity contribution in [3.05, 3.63) is 47.8 Å². The minimum atomic E-state index is 0.185. The summed E-state index contributed by atoms with van der Waals surface area (Å²) in [5.41, 5.74) is 2.59. The fourth-order valence-corrected chi connectivity index (χ4v) is 2.05. The van der Waals surface area contributed by atoms with Gasteiger partial charge in [0.2, 0.25) is 5.88 Å². The normalized spacial score (nSPS) is 12.0.